The average Bonchev–Trinajstić information content (AvgIpc) is 2.17. The quantitative estimate of drug-likeness (QED) is 0.435. The van der Waals surface area contributed by atoms with Crippen molar-refractivity contribution in [3.8, 4) is 18.2 Å². The van der Waals surface area contributed by atoms with Crippen LogP contribution in [0.5, 0.6) is 5.88 Å². The molecular formula is C9H11N3O2. The van der Waals surface area contributed by atoms with Crippen molar-refractivity contribution in [1.29, 1.82) is 0 Å². The van der Waals surface area contributed by atoms with Crippen LogP contribution >= 0.6 is 0 Å². The smallest absolute Gasteiger partial charge is 0.218 e. The molecule has 1 N–H and O–H groups in total. The molecule has 5 heteroatoms. The highest BCUT2D eigenvalue weighted by molar-refractivity contribution is 5.36. The molecule has 0 aliphatic carbocycles. The van der Waals surface area contributed by atoms with Crippen LogP contribution in [0.3, 0.4) is 0 Å². The van der Waals surface area contributed by atoms with Crippen molar-refractivity contribution in [2.75, 3.05) is 19.2 Å². The highest BCUT2D eigenvalue weighted by Gasteiger charge is 2.00. The van der Waals surface area contributed by atoms with Crippen LogP contribution in [0.25, 0.3) is 0 Å². The van der Waals surface area contributed by atoms with E-state index in [1.54, 1.807) is 13.0 Å². The topological polar surface area (TPSA) is 56.3 Å². The van der Waals surface area contributed by atoms with Gasteiger partial charge in [0.1, 0.15) is 12.4 Å². The Morgan fingerprint density at radius 2 is 2.36 bits per heavy atom. The Morgan fingerprint density at radius 3 is 3.00 bits per heavy atom. The van der Waals surface area contributed by atoms with Crippen LogP contribution in [0.2, 0.25) is 0 Å². The number of aromatic nitrogens is 2. The van der Waals surface area contributed by atoms with Crippen LogP contribution < -0.4 is 10.2 Å². The fraction of sp³-hybridized carbons (Fsp3) is 0.333. The largest absolute Gasteiger partial charge is 0.481 e. The first kappa shape index (κ1) is 10.3. The van der Waals surface area contributed by atoms with E-state index in [-0.39, 0.29) is 6.61 Å². The summed E-state index contributed by atoms with van der Waals surface area (Å²) in [6.07, 6.45) is 5.01. The number of hydrogen-bond donors (Lipinski definition) is 1. The maximum Gasteiger partial charge on any atom is 0.218 e. The number of anilines is 1. The zero-order chi connectivity index (χ0) is 10.4. The minimum atomic E-state index is 0.172. The number of nitrogens with one attached hydrogen (secondary N) is 1. The van der Waals surface area contributed by atoms with Gasteiger partial charge in [0.15, 0.2) is 5.82 Å². The van der Waals surface area contributed by atoms with Crippen molar-refractivity contribution in [2.45, 2.75) is 6.92 Å². The predicted octanol–water partition coefficient (Wildman–Crippen LogP) is 0.770. The maximum absolute atomic E-state index is 5.01. The fourth-order valence-electron chi connectivity index (χ4n) is 0.849. The summed E-state index contributed by atoms with van der Waals surface area (Å²) in [5, 5.41) is 0. The molecule has 1 aromatic heterocycles. The molecule has 0 amide bonds. The van der Waals surface area contributed by atoms with Crippen LogP contribution in [-0.2, 0) is 4.84 Å². The molecule has 0 saturated heterocycles. The molecule has 1 rings (SSSR count). The van der Waals surface area contributed by atoms with E-state index >= 15 is 0 Å². The Labute approximate surface area is 82.4 Å². The third-order valence-electron chi connectivity index (χ3n) is 1.36. The molecular weight excluding hydrogens is 182 g/mol. The van der Waals surface area contributed by atoms with Gasteiger partial charge < -0.3 is 4.74 Å². The molecule has 0 unspecified atom stereocenters. The molecule has 5 nitrogen and oxygen atoms in total. The Balaban J connectivity index is 2.67. The van der Waals surface area contributed by atoms with E-state index in [2.05, 4.69) is 21.4 Å². The summed E-state index contributed by atoms with van der Waals surface area (Å²) in [6, 6.07) is 1.61. The first-order valence-electron chi connectivity index (χ1n) is 3.97. The summed E-state index contributed by atoms with van der Waals surface area (Å²) >= 11 is 0. The van der Waals surface area contributed by atoms with Gasteiger partial charge in [-0.25, -0.2) is 10.5 Å². The second-order valence-corrected chi connectivity index (χ2v) is 2.44. The Morgan fingerprint density at radius 1 is 1.57 bits per heavy atom. The first-order chi connectivity index (χ1) is 6.76. The van der Waals surface area contributed by atoms with Gasteiger partial charge in [-0.2, -0.15) is 4.98 Å². The SMILES string of the molecule is C#CCONc1cc(OC)nc(C)n1. The van der Waals surface area contributed by atoms with Crippen molar-refractivity contribution in [3.63, 3.8) is 0 Å². The monoisotopic (exact) mass is 193 g/mol. The number of aryl methyl sites for hydroxylation is 1. The lowest BCUT2D eigenvalue weighted by Crippen LogP contribution is -2.05. The molecule has 0 aliphatic heterocycles. The maximum atomic E-state index is 5.01. The summed E-state index contributed by atoms with van der Waals surface area (Å²) in [7, 11) is 1.54. The van der Waals surface area contributed by atoms with Gasteiger partial charge in [-0.05, 0) is 6.92 Å². The van der Waals surface area contributed by atoms with Crippen LogP contribution in [0.4, 0.5) is 5.82 Å². The lowest BCUT2D eigenvalue weighted by Gasteiger charge is -2.05. The number of ether oxygens (including phenoxy) is 1. The van der Waals surface area contributed by atoms with E-state index in [9.17, 15) is 0 Å². The van der Waals surface area contributed by atoms with E-state index in [0.717, 1.165) is 0 Å². The van der Waals surface area contributed by atoms with E-state index < -0.39 is 0 Å². The van der Waals surface area contributed by atoms with Gasteiger partial charge in [0.05, 0.1) is 7.11 Å². The zero-order valence-corrected chi connectivity index (χ0v) is 8.07. The predicted molar refractivity (Wildman–Crippen MR) is 51.7 cm³/mol. The van der Waals surface area contributed by atoms with Crippen molar-refractivity contribution >= 4 is 5.82 Å². The molecule has 0 fully saturated rings. The van der Waals surface area contributed by atoms with Crippen molar-refractivity contribution in [1.82, 2.24) is 9.97 Å². The summed E-state index contributed by atoms with van der Waals surface area (Å²) < 4.78 is 4.95. The van der Waals surface area contributed by atoms with Crippen molar-refractivity contribution in [2.24, 2.45) is 0 Å². The molecule has 0 spiro atoms. The van der Waals surface area contributed by atoms with E-state index in [0.29, 0.717) is 17.5 Å². The van der Waals surface area contributed by atoms with Crippen LogP contribution in [0.15, 0.2) is 6.07 Å². The van der Waals surface area contributed by atoms with E-state index in [1.807, 2.05) is 0 Å². The zero-order valence-electron chi connectivity index (χ0n) is 8.07. The lowest BCUT2D eigenvalue weighted by molar-refractivity contribution is 0.232. The highest BCUT2D eigenvalue weighted by Crippen LogP contribution is 2.12. The van der Waals surface area contributed by atoms with E-state index in [1.165, 1.54) is 7.11 Å². The molecule has 74 valence electrons. The number of methoxy groups -OCH3 is 1. The normalized spacial score (nSPS) is 9.21. The summed E-state index contributed by atoms with van der Waals surface area (Å²) in [4.78, 5) is 13.0. The van der Waals surface area contributed by atoms with Gasteiger partial charge in [0.2, 0.25) is 5.88 Å². The van der Waals surface area contributed by atoms with Crippen molar-refractivity contribution < 1.29 is 9.57 Å². The molecule has 1 heterocycles. The molecule has 1 aromatic rings. The Bertz CT molecular complexity index is 346. The average molecular weight is 193 g/mol. The van der Waals surface area contributed by atoms with Gasteiger partial charge in [-0.1, -0.05) is 5.92 Å². The molecule has 0 atom stereocenters. The second kappa shape index (κ2) is 5.04. The molecule has 14 heavy (non-hydrogen) atoms. The molecule has 0 aliphatic rings. The second-order valence-electron chi connectivity index (χ2n) is 2.44. The molecule has 0 aromatic carbocycles. The number of nitrogens with zero attached hydrogens (tertiary/aromatic N) is 2. The molecule has 0 radical (unpaired) electrons. The number of hydrogen-bond acceptors (Lipinski definition) is 5. The Kier molecular flexibility index (Phi) is 3.70. The summed E-state index contributed by atoms with van der Waals surface area (Å²) in [5.74, 6) is 3.91. The van der Waals surface area contributed by atoms with Gasteiger partial charge in [-0.15, -0.1) is 6.42 Å². The van der Waals surface area contributed by atoms with E-state index in [4.69, 9.17) is 16.0 Å². The first-order valence-corrected chi connectivity index (χ1v) is 3.97. The molecule has 0 saturated carbocycles. The minimum Gasteiger partial charge on any atom is -0.481 e. The van der Waals surface area contributed by atoms with Crippen molar-refractivity contribution in [3.05, 3.63) is 11.9 Å². The Hall–Kier alpha value is -1.80. The minimum absolute atomic E-state index is 0.172. The fourth-order valence-corrected chi connectivity index (χ4v) is 0.849. The van der Waals surface area contributed by atoms with Gasteiger partial charge in [0, 0.05) is 6.07 Å². The van der Waals surface area contributed by atoms with Crippen LogP contribution in [0, 0.1) is 19.3 Å². The number of rotatable bonds is 4. The summed E-state index contributed by atoms with van der Waals surface area (Å²) in [5.41, 5.74) is 2.59. The standard InChI is InChI=1S/C9H11N3O2/c1-4-5-14-12-8-6-9(13-3)11-7(2)10-8/h1,6H,5H2,2-3H3,(H,10,11,12). The van der Waals surface area contributed by atoms with Gasteiger partial charge >= 0.3 is 0 Å². The number of terminal acetylenes is 1. The lowest BCUT2D eigenvalue weighted by atomic mass is 10.5. The molecule has 0 bridgehead atoms. The van der Waals surface area contributed by atoms with Gasteiger partial charge in [0.25, 0.3) is 0 Å². The van der Waals surface area contributed by atoms with Gasteiger partial charge in [-0.3, -0.25) is 4.84 Å². The third kappa shape index (κ3) is 2.92. The highest BCUT2D eigenvalue weighted by atomic mass is 16.6. The summed E-state index contributed by atoms with van der Waals surface area (Å²) in [6.45, 7) is 1.93. The van der Waals surface area contributed by atoms with Crippen LogP contribution in [0.1, 0.15) is 5.82 Å². The third-order valence-corrected chi connectivity index (χ3v) is 1.36. The van der Waals surface area contributed by atoms with Crippen LogP contribution in [-0.4, -0.2) is 23.7 Å².